The van der Waals surface area contributed by atoms with Crippen molar-refractivity contribution in [3.05, 3.63) is 71.6 Å². The van der Waals surface area contributed by atoms with Crippen molar-refractivity contribution < 1.29 is 34.1 Å². The number of aliphatic carboxylic acids is 2. The molecule has 174 valence electrons. The molecule has 2 atom stereocenters. The van der Waals surface area contributed by atoms with Crippen LogP contribution in [-0.4, -0.2) is 60.1 Å². The standard InChI is InChI=1S/C26H24N2O6/c1-34-25(18-28(15-10-19(25)11-16-28)21(24(31)32)17-23(29)30)12-13-26(33,20-7-3-2-4-8-20)22-9-5-6-14-27-22/h2-8,14,17,19,33H,10-11,15-16,18H2,1H3/b21-17+/t19?,25-,26+,28?/m1/s1. The van der Waals surface area contributed by atoms with Crippen LogP contribution < -0.4 is 10.2 Å². The molecule has 4 aliphatic rings. The van der Waals surface area contributed by atoms with Gasteiger partial charge in [-0.3, -0.25) is 4.48 Å². The highest BCUT2D eigenvalue weighted by Gasteiger charge is 2.57. The SMILES string of the molecule is CO[C@]1(C#C[C@@](O)(C2=[C+]C=CC=N2)c2ccccc2)C[N+]2(/C(=C/C(=O)[O-])C(=O)[O-])CCC1CC2. The van der Waals surface area contributed by atoms with Crippen LogP contribution in [0, 0.1) is 23.8 Å². The van der Waals surface area contributed by atoms with E-state index in [1.165, 1.54) is 7.11 Å². The molecule has 0 aromatic heterocycles. The average Bonchev–Trinajstić information content (AvgIpc) is 2.87. The largest absolute Gasteiger partial charge is 0.545 e. The second-order valence-electron chi connectivity index (χ2n) is 8.71. The zero-order chi connectivity index (χ0) is 24.4. The van der Waals surface area contributed by atoms with Gasteiger partial charge in [0.2, 0.25) is 11.3 Å². The molecule has 1 N–H and O–H groups in total. The van der Waals surface area contributed by atoms with Gasteiger partial charge < -0.3 is 29.6 Å². The van der Waals surface area contributed by atoms with E-state index in [1.807, 2.05) is 6.07 Å². The first-order valence-electron chi connectivity index (χ1n) is 11.0. The van der Waals surface area contributed by atoms with E-state index in [4.69, 9.17) is 4.74 Å². The Morgan fingerprint density at radius 3 is 2.56 bits per heavy atom. The Labute approximate surface area is 197 Å². The molecule has 4 heterocycles. The number of hydrogen-bond donors (Lipinski definition) is 1. The molecule has 4 aliphatic heterocycles. The summed E-state index contributed by atoms with van der Waals surface area (Å²) in [5.74, 6) is 2.90. The van der Waals surface area contributed by atoms with Gasteiger partial charge in [0, 0.05) is 37.5 Å². The lowest BCUT2D eigenvalue weighted by atomic mass is 9.72. The van der Waals surface area contributed by atoms with Crippen LogP contribution in [0.2, 0.25) is 0 Å². The smallest absolute Gasteiger partial charge is 0.235 e. The number of carbonyl (C=O) groups is 2. The van der Waals surface area contributed by atoms with Crippen molar-refractivity contribution in [3.63, 3.8) is 0 Å². The summed E-state index contributed by atoms with van der Waals surface area (Å²) in [6.45, 7) is 0.939. The first kappa shape index (κ1) is 23.6. The van der Waals surface area contributed by atoms with Gasteiger partial charge in [-0.1, -0.05) is 42.2 Å². The highest BCUT2D eigenvalue weighted by atomic mass is 16.5. The molecule has 0 amide bonds. The molecule has 2 bridgehead atoms. The Balaban J connectivity index is 1.81. The first-order valence-corrected chi connectivity index (χ1v) is 11.0. The Morgan fingerprint density at radius 1 is 1.29 bits per heavy atom. The van der Waals surface area contributed by atoms with Crippen LogP contribution in [0.25, 0.3) is 0 Å². The summed E-state index contributed by atoms with van der Waals surface area (Å²) in [7, 11) is 1.49. The van der Waals surface area contributed by atoms with Crippen molar-refractivity contribution >= 4 is 18.2 Å². The Bertz CT molecular complexity index is 1160. The maximum atomic E-state index is 11.9. The van der Waals surface area contributed by atoms with Crippen LogP contribution in [0.4, 0.5) is 0 Å². The predicted molar refractivity (Wildman–Crippen MR) is 118 cm³/mol. The summed E-state index contributed by atoms with van der Waals surface area (Å²) >= 11 is 0. The number of quaternary nitrogens is 1. The third kappa shape index (κ3) is 4.07. The summed E-state index contributed by atoms with van der Waals surface area (Å²) < 4.78 is 5.76. The van der Waals surface area contributed by atoms with Gasteiger partial charge in [-0.15, -0.1) is 0 Å². The van der Waals surface area contributed by atoms with E-state index in [0.29, 0.717) is 37.6 Å². The normalized spacial score (nSPS) is 29.3. The van der Waals surface area contributed by atoms with Gasteiger partial charge in [-0.2, -0.15) is 0 Å². The van der Waals surface area contributed by atoms with Gasteiger partial charge in [0.25, 0.3) is 0 Å². The molecule has 0 unspecified atom stereocenters. The van der Waals surface area contributed by atoms with Crippen LogP contribution in [0.3, 0.4) is 0 Å². The van der Waals surface area contributed by atoms with Crippen molar-refractivity contribution in [1.82, 2.24) is 0 Å². The molecule has 0 spiro atoms. The molecule has 5 rings (SSSR count). The molecule has 1 aromatic rings. The van der Waals surface area contributed by atoms with Crippen molar-refractivity contribution in [2.45, 2.75) is 24.0 Å². The van der Waals surface area contributed by atoms with E-state index >= 15 is 0 Å². The van der Waals surface area contributed by atoms with Gasteiger partial charge in [-0.05, 0) is 0 Å². The summed E-state index contributed by atoms with van der Waals surface area (Å²) in [6, 6.07) is 8.85. The fraction of sp³-hybridized carbons (Fsp3) is 0.346. The average molecular weight is 460 g/mol. The summed E-state index contributed by atoms with van der Waals surface area (Å²) in [5.41, 5.74) is -2.55. The maximum absolute atomic E-state index is 11.9. The zero-order valence-corrected chi connectivity index (χ0v) is 18.7. The minimum atomic E-state index is -1.79. The molecule has 1 aromatic carbocycles. The minimum Gasteiger partial charge on any atom is -0.545 e. The third-order valence-corrected chi connectivity index (χ3v) is 6.94. The monoisotopic (exact) mass is 460 g/mol. The zero-order valence-electron chi connectivity index (χ0n) is 18.7. The Hall–Kier alpha value is -3.60. The van der Waals surface area contributed by atoms with Gasteiger partial charge in [0.15, 0.2) is 17.4 Å². The predicted octanol–water partition coefficient (Wildman–Crippen LogP) is -0.785. The van der Waals surface area contributed by atoms with Crippen LogP contribution in [0.5, 0.6) is 0 Å². The van der Waals surface area contributed by atoms with Crippen LogP contribution >= 0.6 is 0 Å². The molecule has 0 aliphatic carbocycles. The number of nitrogens with zero attached hydrogens (tertiary/aromatic N) is 2. The molecular weight excluding hydrogens is 436 g/mol. The van der Waals surface area contributed by atoms with E-state index in [0.717, 1.165) is 0 Å². The van der Waals surface area contributed by atoms with Crippen molar-refractivity contribution in [2.24, 2.45) is 10.9 Å². The van der Waals surface area contributed by atoms with E-state index in [2.05, 4.69) is 22.9 Å². The second kappa shape index (κ2) is 8.98. The van der Waals surface area contributed by atoms with Gasteiger partial charge >= 0.3 is 0 Å². The number of fused-ring (bicyclic) bond motifs is 3. The van der Waals surface area contributed by atoms with Crippen molar-refractivity contribution in [3.8, 4) is 11.8 Å². The maximum Gasteiger partial charge on any atom is 0.235 e. The van der Waals surface area contributed by atoms with Gasteiger partial charge in [-0.25, -0.2) is 4.99 Å². The fourth-order valence-electron chi connectivity index (χ4n) is 5.18. The van der Waals surface area contributed by atoms with Crippen LogP contribution in [0.1, 0.15) is 18.4 Å². The Kier molecular flexibility index (Phi) is 6.22. The van der Waals surface area contributed by atoms with E-state index in [1.54, 1.807) is 42.6 Å². The summed E-state index contributed by atoms with van der Waals surface area (Å²) in [6.07, 6.45) is 9.54. The molecule has 3 saturated heterocycles. The lowest BCUT2D eigenvalue weighted by Gasteiger charge is -2.56. The van der Waals surface area contributed by atoms with Gasteiger partial charge in [0.1, 0.15) is 24.8 Å². The Morgan fingerprint density at radius 2 is 2.00 bits per heavy atom. The number of methoxy groups -OCH3 is 1. The first-order chi connectivity index (χ1) is 16.2. The molecule has 3 fully saturated rings. The number of aliphatic imine (C=N–C) groups is 1. The number of allylic oxidation sites excluding steroid dienone is 3. The van der Waals surface area contributed by atoms with Crippen LogP contribution in [-0.2, 0) is 19.9 Å². The summed E-state index contributed by atoms with van der Waals surface area (Å²) in [4.78, 5) is 27.4. The molecule has 0 saturated carbocycles. The van der Waals surface area contributed by atoms with E-state index in [-0.39, 0.29) is 28.3 Å². The number of hydrogen-bond acceptors (Lipinski definition) is 7. The number of carboxylic acid groups (broad SMARTS) is 2. The quantitative estimate of drug-likeness (QED) is 0.257. The number of carboxylic acids is 2. The number of benzene rings is 1. The summed E-state index contributed by atoms with van der Waals surface area (Å²) in [5, 5.41) is 34.8. The van der Waals surface area contributed by atoms with Crippen molar-refractivity contribution in [2.75, 3.05) is 26.7 Å². The lowest BCUT2D eigenvalue weighted by molar-refractivity contribution is -0.912. The van der Waals surface area contributed by atoms with Gasteiger partial charge in [0.05, 0.1) is 25.1 Å². The number of ether oxygens (including phenoxy) is 1. The number of aliphatic hydroxyl groups is 1. The lowest BCUT2D eigenvalue weighted by Crippen LogP contribution is -2.70. The molecule has 8 nitrogen and oxygen atoms in total. The number of rotatable bonds is 6. The molecule has 34 heavy (non-hydrogen) atoms. The fourth-order valence-corrected chi connectivity index (χ4v) is 5.18. The molecule has 0 radical (unpaired) electrons. The van der Waals surface area contributed by atoms with Crippen molar-refractivity contribution in [1.29, 1.82) is 0 Å². The minimum absolute atomic E-state index is 0.0244. The highest BCUT2D eigenvalue weighted by molar-refractivity contribution is 5.91. The van der Waals surface area contributed by atoms with Crippen LogP contribution in [0.15, 0.2) is 64.9 Å². The highest BCUT2D eigenvalue weighted by Crippen LogP contribution is 2.45. The topological polar surface area (TPSA) is 122 Å². The molecular formula is C26H24N2O6. The second-order valence-corrected chi connectivity index (χ2v) is 8.71. The number of piperidine rings is 3. The molecule has 8 heteroatoms. The third-order valence-electron chi connectivity index (χ3n) is 6.94. The number of carbonyl (C=O) groups excluding carboxylic acids is 2. The van der Waals surface area contributed by atoms with E-state index in [9.17, 15) is 24.9 Å². The van der Waals surface area contributed by atoms with E-state index < -0.39 is 23.1 Å².